The van der Waals surface area contributed by atoms with Gasteiger partial charge < -0.3 is 15.4 Å². The minimum absolute atomic E-state index is 0.178. The maximum atomic E-state index is 11.4. The molecule has 94 valence electrons. The van der Waals surface area contributed by atoms with Gasteiger partial charge in [-0.25, -0.2) is 0 Å². The molecule has 5 nitrogen and oxygen atoms in total. The van der Waals surface area contributed by atoms with Gasteiger partial charge in [0.05, 0.1) is 0 Å². The summed E-state index contributed by atoms with van der Waals surface area (Å²) in [4.78, 5) is 15.4. The smallest absolute Gasteiger partial charge is 0.269 e. The molecule has 0 aromatic carbocycles. The summed E-state index contributed by atoms with van der Waals surface area (Å²) < 4.78 is 5.23. The number of anilines is 1. The summed E-state index contributed by atoms with van der Waals surface area (Å²) in [7, 11) is 1.59. The fraction of sp³-hybridized carbons (Fsp3) is 0.500. The second-order valence-electron chi connectivity index (χ2n) is 3.49. The molecule has 0 atom stereocenters. The van der Waals surface area contributed by atoms with Crippen LogP contribution in [0.4, 0.5) is 5.69 Å². The van der Waals surface area contributed by atoms with Gasteiger partial charge in [-0.1, -0.05) is 0 Å². The lowest BCUT2D eigenvalue weighted by atomic mass is 10.3. The van der Waals surface area contributed by atoms with Gasteiger partial charge >= 0.3 is 0 Å². The van der Waals surface area contributed by atoms with E-state index < -0.39 is 0 Å². The fourth-order valence-corrected chi connectivity index (χ4v) is 1.34. The molecule has 0 aliphatic rings. The third-order valence-corrected chi connectivity index (χ3v) is 2.22. The van der Waals surface area contributed by atoms with E-state index in [1.807, 2.05) is 13.0 Å². The molecule has 1 aromatic rings. The van der Waals surface area contributed by atoms with Crippen molar-refractivity contribution in [3.8, 4) is 0 Å². The summed E-state index contributed by atoms with van der Waals surface area (Å²) in [6.45, 7) is 4.29. The van der Waals surface area contributed by atoms with E-state index in [1.54, 1.807) is 19.3 Å². The molecule has 1 amide bonds. The Labute approximate surface area is 102 Å². The number of carbonyl (C=O) groups is 1. The van der Waals surface area contributed by atoms with Crippen LogP contribution >= 0.6 is 0 Å². The van der Waals surface area contributed by atoms with Crippen molar-refractivity contribution in [2.75, 3.05) is 32.1 Å². The lowest BCUT2D eigenvalue weighted by molar-refractivity contribution is 0.0958. The van der Waals surface area contributed by atoms with Crippen LogP contribution in [-0.2, 0) is 4.74 Å². The minimum atomic E-state index is -0.178. The lowest BCUT2D eigenvalue weighted by Crippen LogP contribution is -2.19. The van der Waals surface area contributed by atoms with E-state index in [9.17, 15) is 4.79 Å². The molecule has 0 aliphatic carbocycles. The summed E-state index contributed by atoms with van der Waals surface area (Å²) in [5, 5.41) is 5.77. The van der Waals surface area contributed by atoms with Crippen molar-refractivity contribution in [2.45, 2.75) is 13.3 Å². The highest BCUT2D eigenvalue weighted by Gasteiger charge is 2.04. The van der Waals surface area contributed by atoms with E-state index in [0.717, 1.165) is 31.9 Å². The van der Waals surface area contributed by atoms with Gasteiger partial charge in [0.15, 0.2) is 0 Å². The van der Waals surface area contributed by atoms with Crippen LogP contribution in [-0.4, -0.2) is 37.7 Å². The van der Waals surface area contributed by atoms with Crippen molar-refractivity contribution in [1.29, 1.82) is 0 Å². The number of ether oxygens (including phenoxy) is 1. The number of carbonyl (C=O) groups excluding carboxylic acids is 1. The monoisotopic (exact) mass is 237 g/mol. The molecule has 0 fully saturated rings. The zero-order valence-corrected chi connectivity index (χ0v) is 10.3. The number of pyridine rings is 1. The van der Waals surface area contributed by atoms with Crippen LogP contribution in [0.15, 0.2) is 18.3 Å². The van der Waals surface area contributed by atoms with Crippen molar-refractivity contribution in [3.63, 3.8) is 0 Å². The molecule has 0 bridgehead atoms. The molecule has 2 N–H and O–H groups in total. The van der Waals surface area contributed by atoms with Gasteiger partial charge in [0.1, 0.15) is 5.69 Å². The number of aromatic nitrogens is 1. The van der Waals surface area contributed by atoms with Crippen LogP contribution in [0.2, 0.25) is 0 Å². The van der Waals surface area contributed by atoms with Gasteiger partial charge in [-0.15, -0.1) is 0 Å². The zero-order valence-electron chi connectivity index (χ0n) is 10.3. The van der Waals surface area contributed by atoms with E-state index in [2.05, 4.69) is 15.6 Å². The molecule has 1 rings (SSSR count). The Kier molecular flexibility index (Phi) is 6.03. The molecule has 1 aromatic heterocycles. The summed E-state index contributed by atoms with van der Waals surface area (Å²) >= 11 is 0. The summed E-state index contributed by atoms with van der Waals surface area (Å²) in [5.74, 6) is -0.178. The van der Waals surface area contributed by atoms with Gasteiger partial charge in [0.25, 0.3) is 5.91 Å². The minimum Gasteiger partial charge on any atom is -0.385 e. The highest BCUT2D eigenvalue weighted by atomic mass is 16.5. The Bertz CT molecular complexity index is 355. The predicted octanol–water partition coefficient (Wildman–Crippen LogP) is 1.28. The van der Waals surface area contributed by atoms with Gasteiger partial charge in [-0.3, -0.25) is 9.78 Å². The van der Waals surface area contributed by atoms with E-state index in [0.29, 0.717) is 5.69 Å². The average molecular weight is 237 g/mol. The van der Waals surface area contributed by atoms with Crippen LogP contribution in [0, 0.1) is 0 Å². The molecule has 0 aliphatic heterocycles. The van der Waals surface area contributed by atoms with Crippen molar-refractivity contribution >= 4 is 11.6 Å². The molecular weight excluding hydrogens is 218 g/mol. The topological polar surface area (TPSA) is 63.2 Å². The van der Waals surface area contributed by atoms with E-state index in [1.165, 1.54) is 0 Å². The van der Waals surface area contributed by atoms with Gasteiger partial charge in [-0.05, 0) is 25.5 Å². The first kappa shape index (κ1) is 13.4. The Hall–Kier alpha value is -1.62. The highest BCUT2D eigenvalue weighted by molar-refractivity contribution is 5.92. The number of hydrogen-bond donors (Lipinski definition) is 2. The first-order valence-corrected chi connectivity index (χ1v) is 5.77. The largest absolute Gasteiger partial charge is 0.385 e. The molecule has 0 saturated carbocycles. The van der Waals surface area contributed by atoms with E-state index in [-0.39, 0.29) is 5.91 Å². The fourth-order valence-electron chi connectivity index (χ4n) is 1.34. The van der Waals surface area contributed by atoms with Crippen molar-refractivity contribution in [2.24, 2.45) is 0 Å². The standard InChI is InChI=1S/C12H19N3O2/c1-3-17-8-4-6-14-10-5-7-15-11(9-10)12(16)13-2/h5,7,9H,3-4,6,8H2,1-2H3,(H,13,16)(H,14,15). The van der Waals surface area contributed by atoms with Gasteiger partial charge in [0.2, 0.25) is 0 Å². The SMILES string of the molecule is CCOCCCNc1ccnc(C(=O)NC)c1. The maximum absolute atomic E-state index is 11.4. The van der Waals surface area contributed by atoms with Crippen LogP contribution in [0.25, 0.3) is 0 Å². The lowest BCUT2D eigenvalue weighted by Gasteiger charge is -2.07. The van der Waals surface area contributed by atoms with Crippen LogP contribution in [0.3, 0.4) is 0 Å². The number of hydrogen-bond acceptors (Lipinski definition) is 4. The average Bonchev–Trinajstić information content (AvgIpc) is 2.38. The van der Waals surface area contributed by atoms with Gasteiger partial charge in [-0.2, -0.15) is 0 Å². The van der Waals surface area contributed by atoms with Crippen molar-refractivity contribution in [1.82, 2.24) is 10.3 Å². The Morgan fingerprint density at radius 3 is 3.06 bits per heavy atom. The molecule has 1 heterocycles. The first-order chi connectivity index (χ1) is 8.27. The molecule has 0 spiro atoms. The summed E-state index contributed by atoms with van der Waals surface area (Å²) in [6.07, 6.45) is 2.56. The zero-order chi connectivity index (χ0) is 12.5. The van der Waals surface area contributed by atoms with Crippen LogP contribution < -0.4 is 10.6 Å². The number of nitrogens with zero attached hydrogens (tertiary/aromatic N) is 1. The number of amides is 1. The Morgan fingerprint density at radius 2 is 2.35 bits per heavy atom. The first-order valence-electron chi connectivity index (χ1n) is 5.77. The predicted molar refractivity (Wildman–Crippen MR) is 67.2 cm³/mol. The molecule has 0 saturated heterocycles. The second kappa shape index (κ2) is 7.62. The van der Waals surface area contributed by atoms with Crippen LogP contribution in [0.5, 0.6) is 0 Å². The second-order valence-corrected chi connectivity index (χ2v) is 3.49. The van der Waals surface area contributed by atoms with Crippen molar-refractivity contribution in [3.05, 3.63) is 24.0 Å². The number of nitrogens with one attached hydrogen (secondary N) is 2. The highest BCUT2D eigenvalue weighted by Crippen LogP contribution is 2.07. The van der Waals surface area contributed by atoms with Crippen LogP contribution in [0.1, 0.15) is 23.8 Å². The third kappa shape index (κ3) is 4.82. The molecule has 0 radical (unpaired) electrons. The molecule has 17 heavy (non-hydrogen) atoms. The third-order valence-electron chi connectivity index (χ3n) is 2.22. The Morgan fingerprint density at radius 1 is 1.53 bits per heavy atom. The maximum Gasteiger partial charge on any atom is 0.269 e. The molecule has 5 heteroatoms. The van der Waals surface area contributed by atoms with Crippen molar-refractivity contribution < 1.29 is 9.53 Å². The summed E-state index contributed by atoms with van der Waals surface area (Å²) in [5.41, 5.74) is 1.32. The normalized spacial score (nSPS) is 10.0. The quantitative estimate of drug-likeness (QED) is 0.701. The van der Waals surface area contributed by atoms with Gasteiger partial charge in [0, 0.05) is 38.7 Å². The number of rotatable bonds is 7. The van der Waals surface area contributed by atoms with E-state index in [4.69, 9.17) is 4.74 Å². The molecule has 0 unspecified atom stereocenters. The molecular formula is C12H19N3O2. The van der Waals surface area contributed by atoms with E-state index >= 15 is 0 Å². The Balaban J connectivity index is 2.40. The summed E-state index contributed by atoms with van der Waals surface area (Å²) in [6, 6.07) is 3.58.